The van der Waals surface area contributed by atoms with Crippen LogP contribution in [0, 0.1) is 0 Å². The summed E-state index contributed by atoms with van der Waals surface area (Å²) in [6.07, 6.45) is 3.50. The fraction of sp³-hybridized carbons (Fsp3) is 0.571. The summed E-state index contributed by atoms with van der Waals surface area (Å²) in [6.45, 7) is 4.72. The molecule has 2 atom stereocenters. The highest BCUT2D eigenvalue weighted by molar-refractivity contribution is 5.82. The number of nitrogens with two attached hydrogens (primary N) is 1. The predicted octanol–water partition coefficient (Wildman–Crippen LogP) is -0.0817. The van der Waals surface area contributed by atoms with Crippen LogP contribution in [0.4, 0.5) is 0 Å². The minimum absolute atomic E-state index is 0.000272. The van der Waals surface area contributed by atoms with E-state index in [1.807, 2.05) is 19.1 Å². The summed E-state index contributed by atoms with van der Waals surface area (Å²) < 4.78 is 5.45. The number of carbonyl (C=O) groups is 1. The summed E-state index contributed by atoms with van der Waals surface area (Å²) in [6, 6.07) is 3.61. The van der Waals surface area contributed by atoms with Crippen molar-refractivity contribution in [2.24, 2.45) is 5.73 Å². The van der Waals surface area contributed by atoms with E-state index < -0.39 is 0 Å². The first-order valence-corrected chi connectivity index (χ1v) is 6.99. The number of hydrogen-bond donors (Lipinski definition) is 2. The molecular formula is C14H22N4O2. The van der Waals surface area contributed by atoms with Crippen LogP contribution in [0.2, 0.25) is 0 Å². The van der Waals surface area contributed by atoms with Crippen LogP contribution in [0.15, 0.2) is 24.5 Å². The number of carbonyl (C=O) groups excluding carboxylic acids is 1. The predicted molar refractivity (Wildman–Crippen MR) is 76.0 cm³/mol. The second kappa shape index (κ2) is 7.33. The Kier molecular flexibility index (Phi) is 5.46. The van der Waals surface area contributed by atoms with Gasteiger partial charge in [-0.1, -0.05) is 0 Å². The van der Waals surface area contributed by atoms with Gasteiger partial charge in [-0.3, -0.25) is 14.7 Å². The zero-order valence-corrected chi connectivity index (χ0v) is 11.8. The number of morpholine rings is 1. The molecule has 1 fully saturated rings. The largest absolute Gasteiger partial charge is 0.378 e. The van der Waals surface area contributed by atoms with E-state index in [0.29, 0.717) is 32.8 Å². The molecule has 0 bridgehead atoms. The van der Waals surface area contributed by atoms with Gasteiger partial charge < -0.3 is 15.8 Å². The summed E-state index contributed by atoms with van der Waals surface area (Å²) in [7, 11) is 0. The molecule has 1 saturated heterocycles. The molecule has 0 spiro atoms. The van der Waals surface area contributed by atoms with Gasteiger partial charge in [0.1, 0.15) is 6.04 Å². The molecule has 6 heteroatoms. The van der Waals surface area contributed by atoms with Gasteiger partial charge >= 0.3 is 0 Å². The lowest BCUT2D eigenvalue weighted by Crippen LogP contribution is -2.55. The van der Waals surface area contributed by atoms with Gasteiger partial charge in [0.2, 0.25) is 5.91 Å². The van der Waals surface area contributed by atoms with E-state index in [0.717, 1.165) is 5.56 Å². The number of hydrogen-bond acceptors (Lipinski definition) is 5. The summed E-state index contributed by atoms with van der Waals surface area (Å²) in [5, 5.41) is 2.86. The lowest BCUT2D eigenvalue weighted by Gasteiger charge is -2.39. The lowest BCUT2D eigenvalue weighted by atomic mass is 10.0. The average Bonchev–Trinajstić information content (AvgIpc) is 2.50. The molecule has 6 nitrogen and oxygen atoms in total. The monoisotopic (exact) mass is 278 g/mol. The number of amides is 1. The van der Waals surface area contributed by atoms with Crippen LogP contribution in [0.5, 0.6) is 0 Å². The van der Waals surface area contributed by atoms with Crippen LogP contribution >= 0.6 is 0 Å². The number of aromatic nitrogens is 1. The molecule has 20 heavy (non-hydrogen) atoms. The molecule has 1 aliphatic heterocycles. The van der Waals surface area contributed by atoms with Crippen molar-refractivity contribution in [3.63, 3.8) is 0 Å². The van der Waals surface area contributed by atoms with E-state index in [4.69, 9.17) is 10.5 Å². The fourth-order valence-corrected chi connectivity index (χ4v) is 2.56. The molecule has 0 aromatic carbocycles. The van der Waals surface area contributed by atoms with Crippen LogP contribution in [0.3, 0.4) is 0 Å². The molecule has 0 aliphatic carbocycles. The van der Waals surface area contributed by atoms with Crippen LogP contribution in [-0.4, -0.2) is 54.7 Å². The summed E-state index contributed by atoms with van der Waals surface area (Å²) in [5.41, 5.74) is 7.02. The number of rotatable bonds is 5. The molecule has 110 valence electrons. The Morgan fingerprint density at radius 3 is 3.00 bits per heavy atom. The third kappa shape index (κ3) is 3.33. The van der Waals surface area contributed by atoms with E-state index in [1.54, 1.807) is 12.4 Å². The van der Waals surface area contributed by atoms with E-state index in [9.17, 15) is 4.79 Å². The van der Waals surface area contributed by atoms with E-state index in [2.05, 4.69) is 15.2 Å². The Morgan fingerprint density at radius 2 is 2.35 bits per heavy atom. The maximum absolute atomic E-state index is 12.2. The Labute approximate surface area is 119 Å². The molecule has 0 radical (unpaired) electrons. The van der Waals surface area contributed by atoms with Gasteiger partial charge in [0, 0.05) is 38.1 Å². The van der Waals surface area contributed by atoms with Crippen molar-refractivity contribution >= 4 is 5.91 Å². The second-order valence-electron chi connectivity index (χ2n) is 4.76. The van der Waals surface area contributed by atoms with Crippen molar-refractivity contribution in [2.75, 3.05) is 32.8 Å². The minimum atomic E-state index is -0.287. The lowest BCUT2D eigenvalue weighted by molar-refractivity contribution is -0.134. The van der Waals surface area contributed by atoms with Crippen molar-refractivity contribution in [1.82, 2.24) is 15.2 Å². The normalized spacial score (nSPS) is 21.4. The van der Waals surface area contributed by atoms with Crippen molar-refractivity contribution in [3.05, 3.63) is 30.1 Å². The van der Waals surface area contributed by atoms with Gasteiger partial charge in [-0.2, -0.15) is 0 Å². The third-order valence-electron chi connectivity index (χ3n) is 3.54. The van der Waals surface area contributed by atoms with Crippen LogP contribution < -0.4 is 11.1 Å². The number of nitrogens with one attached hydrogen (secondary N) is 1. The van der Waals surface area contributed by atoms with E-state index >= 15 is 0 Å². The summed E-state index contributed by atoms with van der Waals surface area (Å²) in [4.78, 5) is 18.3. The first-order valence-electron chi connectivity index (χ1n) is 6.99. The van der Waals surface area contributed by atoms with Gasteiger partial charge in [0.25, 0.3) is 0 Å². The standard InChI is InChI=1S/C14H22N4O2/c1-2-17-14(19)13-10-20-8-7-18(13)12(9-15)11-3-5-16-6-4-11/h3-6,12-13H,2,7-10,15H2,1H3,(H,17,19). The topological polar surface area (TPSA) is 80.5 Å². The first kappa shape index (κ1) is 14.9. The van der Waals surface area contributed by atoms with Gasteiger partial charge in [-0.05, 0) is 24.6 Å². The van der Waals surface area contributed by atoms with Crippen molar-refractivity contribution < 1.29 is 9.53 Å². The highest BCUT2D eigenvalue weighted by Crippen LogP contribution is 2.23. The molecular weight excluding hydrogens is 256 g/mol. The zero-order valence-electron chi connectivity index (χ0n) is 11.8. The molecule has 0 saturated carbocycles. The van der Waals surface area contributed by atoms with Crippen molar-refractivity contribution in [1.29, 1.82) is 0 Å². The molecule has 1 aromatic heterocycles. The van der Waals surface area contributed by atoms with Gasteiger partial charge in [-0.25, -0.2) is 0 Å². The number of likely N-dealkylation sites (N-methyl/N-ethyl adjacent to an activating group) is 1. The number of ether oxygens (including phenoxy) is 1. The molecule has 3 N–H and O–H groups in total. The zero-order chi connectivity index (χ0) is 14.4. The van der Waals surface area contributed by atoms with Crippen LogP contribution in [0.1, 0.15) is 18.5 Å². The molecule has 2 rings (SSSR count). The Morgan fingerprint density at radius 1 is 1.60 bits per heavy atom. The maximum Gasteiger partial charge on any atom is 0.239 e. The van der Waals surface area contributed by atoms with Crippen molar-refractivity contribution in [2.45, 2.75) is 19.0 Å². The van der Waals surface area contributed by atoms with Crippen LogP contribution in [0.25, 0.3) is 0 Å². The number of nitrogens with zero attached hydrogens (tertiary/aromatic N) is 2. The Hall–Kier alpha value is -1.50. The third-order valence-corrected chi connectivity index (χ3v) is 3.54. The average molecular weight is 278 g/mol. The SMILES string of the molecule is CCNC(=O)C1COCCN1C(CN)c1ccncc1. The minimum Gasteiger partial charge on any atom is -0.378 e. The van der Waals surface area contributed by atoms with Gasteiger partial charge in [0.15, 0.2) is 0 Å². The fourth-order valence-electron chi connectivity index (χ4n) is 2.56. The molecule has 2 heterocycles. The van der Waals surface area contributed by atoms with Crippen LogP contribution in [-0.2, 0) is 9.53 Å². The molecule has 1 aliphatic rings. The molecule has 1 amide bonds. The molecule has 2 unspecified atom stereocenters. The summed E-state index contributed by atoms with van der Waals surface area (Å²) >= 11 is 0. The van der Waals surface area contributed by atoms with E-state index in [-0.39, 0.29) is 18.0 Å². The van der Waals surface area contributed by atoms with Crippen molar-refractivity contribution in [3.8, 4) is 0 Å². The first-order chi connectivity index (χ1) is 9.77. The quantitative estimate of drug-likeness (QED) is 0.787. The Balaban J connectivity index is 2.19. The molecule has 1 aromatic rings. The van der Waals surface area contributed by atoms with Gasteiger partial charge in [-0.15, -0.1) is 0 Å². The Bertz CT molecular complexity index is 426. The highest BCUT2D eigenvalue weighted by Gasteiger charge is 2.34. The highest BCUT2D eigenvalue weighted by atomic mass is 16.5. The van der Waals surface area contributed by atoms with E-state index in [1.165, 1.54) is 0 Å². The maximum atomic E-state index is 12.2. The smallest absolute Gasteiger partial charge is 0.239 e. The summed E-state index contributed by atoms with van der Waals surface area (Å²) in [5.74, 6) is -0.000272. The van der Waals surface area contributed by atoms with Gasteiger partial charge in [0.05, 0.1) is 13.2 Å². The number of pyridine rings is 1. The second-order valence-corrected chi connectivity index (χ2v) is 4.76.